The Balaban J connectivity index is 1.44. The monoisotopic (exact) mass is 323 g/mol. The van der Waals surface area contributed by atoms with Crippen LogP contribution in [0.15, 0.2) is 30.5 Å². The van der Waals surface area contributed by atoms with Gasteiger partial charge in [-0.05, 0) is 31.5 Å². The van der Waals surface area contributed by atoms with Crippen molar-refractivity contribution >= 4 is 5.82 Å². The molecule has 2 unspecified atom stereocenters. The Hall–Kier alpha value is -2.01. The van der Waals surface area contributed by atoms with Crippen molar-refractivity contribution in [1.82, 2.24) is 19.9 Å². The van der Waals surface area contributed by atoms with Gasteiger partial charge in [0.1, 0.15) is 11.6 Å². The number of pyridine rings is 1. The Bertz CT molecular complexity index is 717. The molecule has 0 N–H and O–H groups in total. The van der Waals surface area contributed by atoms with Gasteiger partial charge in [-0.2, -0.15) is 0 Å². The SMILES string of the molecule is Cc1cccc(CN2CC3CC(C2)N3c2ccnc(C(C)C)n2)n1. The van der Waals surface area contributed by atoms with Crippen LogP contribution in [0.5, 0.6) is 0 Å². The molecule has 2 atom stereocenters. The normalized spacial score (nSPS) is 23.4. The number of nitrogens with zero attached hydrogens (tertiary/aromatic N) is 5. The molecule has 3 saturated heterocycles. The Morgan fingerprint density at radius 1 is 1.12 bits per heavy atom. The maximum absolute atomic E-state index is 4.78. The van der Waals surface area contributed by atoms with Gasteiger partial charge >= 0.3 is 0 Å². The van der Waals surface area contributed by atoms with Gasteiger partial charge in [0.25, 0.3) is 0 Å². The second-order valence-corrected chi connectivity index (χ2v) is 7.34. The molecule has 0 aromatic carbocycles. The molecule has 0 radical (unpaired) electrons. The predicted octanol–water partition coefficient (Wildman–Crippen LogP) is 2.77. The van der Waals surface area contributed by atoms with Crippen molar-refractivity contribution in [1.29, 1.82) is 0 Å². The third kappa shape index (κ3) is 2.88. The number of anilines is 1. The van der Waals surface area contributed by atoms with Crippen LogP contribution in [0.25, 0.3) is 0 Å². The molecule has 0 spiro atoms. The zero-order chi connectivity index (χ0) is 16.7. The van der Waals surface area contributed by atoms with Gasteiger partial charge in [-0.1, -0.05) is 19.9 Å². The molecule has 24 heavy (non-hydrogen) atoms. The summed E-state index contributed by atoms with van der Waals surface area (Å²) in [6, 6.07) is 9.49. The van der Waals surface area contributed by atoms with E-state index in [0.29, 0.717) is 18.0 Å². The van der Waals surface area contributed by atoms with E-state index in [-0.39, 0.29) is 0 Å². The summed E-state index contributed by atoms with van der Waals surface area (Å²) in [5, 5.41) is 0. The van der Waals surface area contributed by atoms with Crippen molar-refractivity contribution in [3.63, 3.8) is 0 Å². The van der Waals surface area contributed by atoms with Crippen LogP contribution in [0.2, 0.25) is 0 Å². The standard InChI is InChI=1S/C19H25N5/c1-13(2)19-20-8-7-18(22-19)24-16-9-17(24)12-23(11-16)10-15-6-4-5-14(3)21-15/h4-8,13,16-17H,9-12H2,1-3H3. The maximum atomic E-state index is 4.78. The molecular formula is C19H25N5. The van der Waals surface area contributed by atoms with Crippen LogP contribution in [-0.4, -0.2) is 45.0 Å². The van der Waals surface area contributed by atoms with E-state index in [1.165, 1.54) is 12.1 Å². The Labute approximate surface area is 143 Å². The first kappa shape index (κ1) is 15.5. The van der Waals surface area contributed by atoms with E-state index in [9.17, 15) is 0 Å². The first-order chi connectivity index (χ1) is 11.6. The Morgan fingerprint density at radius 2 is 1.92 bits per heavy atom. The molecule has 2 aromatic heterocycles. The lowest BCUT2D eigenvalue weighted by atomic mass is 9.87. The molecule has 5 heterocycles. The first-order valence-electron chi connectivity index (χ1n) is 8.86. The highest BCUT2D eigenvalue weighted by atomic mass is 15.4. The molecule has 0 aliphatic carbocycles. The molecule has 5 nitrogen and oxygen atoms in total. The second kappa shape index (κ2) is 6.13. The summed E-state index contributed by atoms with van der Waals surface area (Å²) in [6.07, 6.45) is 3.18. The summed E-state index contributed by atoms with van der Waals surface area (Å²) in [4.78, 5) is 18.8. The Kier molecular flexibility index (Phi) is 3.96. The van der Waals surface area contributed by atoms with Crippen molar-refractivity contribution < 1.29 is 0 Å². The summed E-state index contributed by atoms with van der Waals surface area (Å²) in [6.45, 7) is 9.48. The fraction of sp³-hybridized carbons (Fsp3) is 0.526. The third-order valence-corrected chi connectivity index (χ3v) is 5.04. The first-order valence-corrected chi connectivity index (χ1v) is 8.86. The van der Waals surface area contributed by atoms with Crippen LogP contribution in [-0.2, 0) is 6.54 Å². The average Bonchev–Trinajstić information content (AvgIpc) is 2.55. The van der Waals surface area contributed by atoms with E-state index in [1.807, 2.05) is 6.20 Å². The summed E-state index contributed by atoms with van der Waals surface area (Å²) in [5.41, 5.74) is 2.27. The lowest BCUT2D eigenvalue weighted by molar-refractivity contribution is 0.106. The average molecular weight is 323 g/mol. The van der Waals surface area contributed by atoms with Crippen LogP contribution in [0.1, 0.15) is 43.4 Å². The van der Waals surface area contributed by atoms with Crippen LogP contribution in [0.3, 0.4) is 0 Å². The summed E-state index contributed by atoms with van der Waals surface area (Å²) < 4.78 is 0. The van der Waals surface area contributed by atoms with Gasteiger partial charge in [0, 0.05) is 49.5 Å². The van der Waals surface area contributed by atoms with Crippen LogP contribution in [0.4, 0.5) is 5.82 Å². The number of piperidine rings is 1. The maximum Gasteiger partial charge on any atom is 0.133 e. The van der Waals surface area contributed by atoms with Crippen molar-refractivity contribution in [3.05, 3.63) is 47.7 Å². The summed E-state index contributed by atoms with van der Waals surface area (Å²) in [5.74, 6) is 2.41. The van der Waals surface area contributed by atoms with E-state index in [1.54, 1.807) is 0 Å². The fourth-order valence-corrected chi connectivity index (χ4v) is 3.90. The summed E-state index contributed by atoms with van der Waals surface area (Å²) >= 11 is 0. The topological polar surface area (TPSA) is 45.2 Å². The third-order valence-electron chi connectivity index (χ3n) is 5.04. The number of rotatable bonds is 4. The van der Waals surface area contributed by atoms with Crippen LogP contribution < -0.4 is 4.90 Å². The zero-order valence-electron chi connectivity index (χ0n) is 14.7. The van der Waals surface area contributed by atoms with Gasteiger partial charge in [0.2, 0.25) is 0 Å². The van der Waals surface area contributed by atoms with E-state index in [2.05, 4.69) is 64.8 Å². The summed E-state index contributed by atoms with van der Waals surface area (Å²) in [7, 11) is 0. The molecule has 2 bridgehead atoms. The van der Waals surface area contributed by atoms with Crippen molar-refractivity contribution in [2.24, 2.45) is 0 Å². The molecule has 3 fully saturated rings. The minimum Gasteiger partial charge on any atom is -0.348 e. The lowest BCUT2D eigenvalue weighted by Crippen LogP contribution is -2.69. The van der Waals surface area contributed by atoms with Gasteiger partial charge in [0.05, 0.1) is 5.69 Å². The molecular weight excluding hydrogens is 298 g/mol. The molecule has 3 aliphatic heterocycles. The van der Waals surface area contributed by atoms with E-state index in [4.69, 9.17) is 4.98 Å². The zero-order valence-corrected chi connectivity index (χ0v) is 14.7. The second-order valence-electron chi connectivity index (χ2n) is 7.34. The van der Waals surface area contributed by atoms with E-state index in [0.717, 1.165) is 37.0 Å². The Morgan fingerprint density at radius 3 is 2.62 bits per heavy atom. The highest BCUT2D eigenvalue weighted by molar-refractivity contribution is 5.46. The van der Waals surface area contributed by atoms with Gasteiger partial charge < -0.3 is 4.90 Å². The number of fused-ring (bicyclic) bond motifs is 2. The molecule has 5 heteroatoms. The lowest BCUT2D eigenvalue weighted by Gasteiger charge is -2.57. The highest BCUT2D eigenvalue weighted by Crippen LogP contribution is 2.36. The predicted molar refractivity (Wildman–Crippen MR) is 95.0 cm³/mol. The number of piperazine rings is 1. The number of aromatic nitrogens is 3. The van der Waals surface area contributed by atoms with Gasteiger partial charge in [0.15, 0.2) is 0 Å². The van der Waals surface area contributed by atoms with E-state index < -0.39 is 0 Å². The quantitative estimate of drug-likeness (QED) is 0.866. The molecule has 3 aliphatic rings. The minimum atomic E-state index is 0.370. The van der Waals surface area contributed by atoms with Crippen molar-refractivity contribution in [2.75, 3.05) is 18.0 Å². The van der Waals surface area contributed by atoms with Crippen molar-refractivity contribution in [2.45, 2.75) is 51.7 Å². The minimum absolute atomic E-state index is 0.370. The van der Waals surface area contributed by atoms with Gasteiger partial charge in [-0.3, -0.25) is 9.88 Å². The largest absolute Gasteiger partial charge is 0.348 e. The van der Waals surface area contributed by atoms with Crippen LogP contribution in [0, 0.1) is 6.92 Å². The molecule has 0 amide bonds. The van der Waals surface area contributed by atoms with Gasteiger partial charge in [-0.15, -0.1) is 0 Å². The number of aryl methyl sites for hydroxylation is 1. The van der Waals surface area contributed by atoms with Gasteiger partial charge in [-0.25, -0.2) is 9.97 Å². The smallest absolute Gasteiger partial charge is 0.133 e. The van der Waals surface area contributed by atoms with Crippen LogP contribution >= 0.6 is 0 Å². The molecule has 5 rings (SSSR count). The highest BCUT2D eigenvalue weighted by Gasteiger charge is 2.45. The fourth-order valence-electron chi connectivity index (χ4n) is 3.90. The van der Waals surface area contributed by atoms with Crippen molar-refractivity contribution in [3.8, 4) is 0 Å². The van der Waals surface area contributed by atoms with E-state index >= 15 is 0 Å². The molecule has 0 saturated carbocycles. The molecule has 126 valence electrons. The number of hydrogen-bond acceptors (Lipinski definition) is 5. The molecule has 2 aromatic rings. The number of hydrogen-bond donors (Lipinski definition) is 0.